The first-order valence-corrected chi connectivity index (χ1v) is 11.6. The lowest BCUT2D eigenvalue weighted by molar-refractivity contribution is -0.147. The largest absolute Gasteiger partial charge is 0.493 e. The average molecular weight is 453 g/mol. The van der Waals surface area contributed by atoms with Gasteiger partial charge in [-0.2, -0.15) is 0 Å². The van der Waals surface area contributed by atoms with Crippen LogP contribution < -0.4 is 10.1 Å². The minimum absolute atomic E-state index is 0.148. The van der Waals surface area contributed by atoms with E-state index in [2.05, 4.69) is 24.4 Å². The van der Waals surface area contributed by atoms with Crippen molar-refractivity contribution in [3.8, 4) is 5.75 Å². The maximum atomic E-state index is 13.1. The highest BCUT2D eigenvalue weighted by atomic mass is 16.5. The molecule has 2 aromatic carbocycles. The van der Waals surface area contributed by atoms with Crippen LogP contribution in [0.5, 0.6) is 5.75 Å². The van der Waals surface area contributed by atoms with Gasteiger partial charge in [0.15, 0.2) is 0 Å². The van der Waals surface area contributed by atoms with E-state index in [0.717, 1.165) is 25.7 Å². The van der Waals surface area contributed by atoms with Gasteiger partial charge in [-0.15, -0.1) is 0 Å². The molecule has 7 heteroatoms. The Hall–Kier alpha value is -3.35. The van der Waals surface area contributed by atoms with Crippen LogP contribution in [0.25, 0.3) is 0 Å². The molecule has 2 amide bonds. The summed E-state index contributed by atoms with van der Waals surface area (Å²) in [7, 11) is 0. The second-order valence-electron chi connectivity index (χ2n) is 8.05. The van der Waals surface area contributed by atoms with Crippen LogP contribution in [0.2, 0.25) is 0 Å². The lowest BCUT2D eigenvalue weighted by Crippen LogP contribution is -2.57. The predicted molar refractivity (Wildman–Crippen MR) is 125 cm³/mol. The number of piperazine rings is 1. The molecule has 2 aromatic rings. The van der Waals surface area contributed by atoms with Gasteiger partial charge in [-0.3, -0.25) is 14.4 Å². The Morgan fingerprint density at radius 1 is 1.03 bits per heavy atom. The fourth-order valence-electron chi connectivity index (χ4n) is 3.71. The van der Waals surface area contributed by atoms with Crippen LogP contribution in [0.15, 0.2) is 54.6 Å². The van der Waals surface area contributed by atoms with E-state index in [1.54, 1.807) is 24.3 Å². The smallest absolute Gasteiger partial charge is 0.308 e. The Bertz CT molecular complexity index is 914. The number of benzene rings is 2. The fraction of sp³-hybridized carbons (Fsp3) is 0.423. The lowest BCUT2D eigenvalue weighted by atomic mass is 10.1. The first-order chi connectivity index (χ1) is 16.1. The van der Waals surface area contributed by atoms with Crippen molar-refractivity contribution in [2.75, 3.05) is 26.3 Å². The van der Waals surface area contributed by atoms with Gasteiger partial charge in [0.2, 0.25) is 5.91 Å². The number of hydrogen-bond donors (Lipinski definition) is 1. The van der Waals surface area contributed by atoms with Gasteiger partial charge < -0.3 is 19.7 Å². The number of nitrogens with zero attached hydrogens (tertiary/aromatic N) is 1. The molecule has 7 nitrogen and oxygen atoms in total. The first kappa shape index (κ1) is 24.3. The van der Waals surface area contributed by atoms with E-state index in [1.165, 1.54) is 10.5 Å². The molecule has 1 heterocycles. The van der Waals surface area contributed by atoms with Crippen LogP contribution in [-0.2, 0) is 20.7 Å². The van der Waals surface area contributed by atoms with Crippen molar-refractivity contribution in [2.45, 2.75) is 45.1 Å². The van der Waals surface area contributed by atoms with E-state index >= 15 is 0 Å². The molecule has 1 N–H and O–H groups in total. The molecule has 0 bridgehead atoms. The summed E-state index contributed by atoms with van der Waals surface area (Å²) in [5.41, 5.74) is 1.64. The SMILES string of the molecule is CCCCCOC(=O)CC1C(=O)NCCN1C(=O)c1ccc(OCCc2ccccc2)cc1. The van der Waals surface area contributed by atoms with Crippen molar-refractivity contribution in [3.63, 3.8) is 0 Å². The summed E-state index contributed by atoms with van der Waals surface area (Å²) in [4.78, 5) is 39.2. The highest BCUT2D eigenvalue weighted by molar-refractivity contribution is 5.99. The van der Waals surface area contributed by atoms with Crippen LogP contribution in [0.1, 0.15) is 48.5 Å². The number of carbonyl (C=O) groups excluding carboxylic acids is 3. The standard InChI is InChI=1S/C26H32N2O5/c1-2-3-7-17-33-24(29)19-23-25(30)27-15-16-28(23)26(31)21-10-12-22(13-11-21)32-18-14-20-8-5-4-6-9-20/h4-6,8-13,23H,2-3,7,14-19H2,1H3,(H,27,30). The molecule has 1 aliphatic rings. The molecule has 0 saturated carbocycles. The van der Waals surface area contributed by atoms with E-state index in [9.17, 15) is 14.4 Å². The Morgan fingerprint density at radius 2 is 1.79 bits per heavy atom. The summed E-state index contributed by atoms with van der Waals surface area (Å²) in [6.07, 6.45) is 3.45. The van der Waals surface area contributed by atoms with Crippen LogP contribution >= 0.6 is 0 Å². The highest BCUT2D eigenvalue weighted by Gasteiger charge is 2.35. The Balaban J connectivity index is 1.55. The molecule has 0 aliphatic carbocycles. The number of nitrogens with one attached hydrogen (secondary N) is 1. The summed E-state index contributed by atoms with van der Waals surface area (Å²) < 4.78 is 11.0. The van der Waals surface area contributed by atoms with E-state index in [-0.39, 0.29) is 18.2 Å². The van der Waals surface area contributed by atoms with E-state index < -0.39 is 12.0 Å². The Kier molecular flexibility index (Phi) is 9.30. The van der Waals surface area contributed by atoms with Gasteiger partial charge in [-0.1, -0.05) is 50.1 Å². The summed E-state index contributed by atoms with van der Waals surface area (Å²) in [6, 6.07) is 16.1. The van der Waals surface area contributed by atoms with Gasteiger partial charge in [0.05, 0.1) is 19.6 Å². The zero-order valence-electron chi connectivity index (χ0n) is 19.1. The molecular formula is C26H32N2O5. The third-order valence-electron chi connectivity index (χ3n) is 5.57. The molecule has 1 atom stereocenters. The van der Waals surface area contributed by atoms with Crippen LogP contribution in [-0.4, -0.2) is 55.0 Å². The quantitative estimate of drug-likeness (QED) is 0.417. The minimum Gasteiger partial charge on any atom is -0.493 e. The average Bonchev–Trinajstić information content (AvgIpc) is 2.84. The molecule has 3 rings (SSSR count). The number of hydrogen-bond acceptors (Lipinski definition) is 5. The maximum Gasteiger partial charge on any atom is 0.308 e. The van der Waals surface area contributed by atoms with Crippen molar-refractivity contribution in [2.24, 2.45) is 0 Å². The van der Waals surface area contributed by atoms with Crippen LogP contribution in [0, 0.1) is 0 Å². The van der Waals surface area contributed by atoms with E-state index in [1.807, 2.05) is 18.2 Å². The Labute approximate surface area is 195 Å². The molecule has 1 saturated heterocycles. The van der Waals surface area contributed by atoms with Crippen molar-refractivity contribution in [1.29, 1.82) is 0 Å². The van der Waals surface area contributed by atoms with Gasteiger partial charge >= 0.3 is 5.97 Å². The minimum atomic E-state index is -0.869. The lowest BCUT2D eigenvalue weighted by Gasteiger charge is -2.34. The molecule has 1 aliphatic heterocycles. The second kappa shape index (κ2) is 12.6. The molecule has 1 fully saturated rings. The van der Waals surface area contributed by atoms with Crippen LogP contribution in [0.4, 0.5) is 0 Å². The first-order valence-electron chi connectivity index (χ1n) is 11.6. The summed E-state index contributed by atoms with van der Waals surface area (Å²) in [5, 5.41) is 2.74. The van der Waals surface area contributed by atoms with Crippen molar-refractivity contribution < 1.29 is 23.9 Å². The van der Waals surface area contributed by atoms with Crippen molar-refractivity contribution >= 4 is 17.8 Å². The van der Waals surface area contributed by atoms with Crippen molar-refractivity contribution in [1.82, 2.24) is 10.2 Å². The normalized spacial score (nSPS) is 15.6. The molecule has 0 spiro atoms. The topological polar surface area (TPSA) is 84.9 Å². The number of ether oxygens (including phenoxy) is 2. The summed E-state index contributed by atoms with van der Waals surface area (Å²) in [6.45, 7) is 3.63. The van der Waals surface area contributed by atoms with Gasteiger partial charge in [-0.25, -0.2) is 0 Å². The van der Waals surface area contributed by atoms with Crippen molar-refractivity contribution in [3.05, 3.63) is 65.7 Å². The highest BCUT2D eigenvalue weighted by Crippen LogP contribution is 2.18. The van der Waals surface area contributed by atoms with Crippen LogP contribution in [0.3, 0.4) is 0 Å². The number of esters is 1. The third-order valence-corrected chi connectivity index (χ3v) is 5.57. The number of amides is 2. The number of carbonyl (C=O) groups is 3. The molecule has 176 valence electrons. The predicted octanol–water partition coefficient (Wildman–Crippen LogP) is 3.37. The van der Waals surface area contributed by atoms with Gasteiger partial charge in [-0.05, 0) is 36.2 Å². The zero-order valence-corrected chi connectivity index (χ0v) is 19.1. The maximum absolute atomic E-state index is 13.1. The Morgan fingerprint density at radius 3 is 2.52 bits per heavy atom. The molecule has 1 unspecified atom stereocenters. The van der Waals surface area contributed by atoms with Gasteiger partial charge in [0.1, 0.15) is 11.8 Å². The summed E-state index contributed by atoms with van der Waals surface area (Å²) >= 11 is 0. The van der Waals surface area contributed by atoms with E-state index in [4.69, 9.17) is 9.47 Å². The fourth-order valence-corrected chi connectivity index (χ4v) is 3.71. The zero-order chi connectivity index (χ0) is 23.5. The molecular weight excluding hydrogens is 420 g/mol. The molecule has 33 heavy (non-hydrogen) atoms. The molecule has 0 aromatic heterocycles. The number of rotatable bonds is 11. The van der Waals surface area contributed by atoms with Gasteiger partial charge in [0.25, 0.3) is 5.91 Å². The number of unbranched alkanes of at least 4 members (excludes halogenated alkanes) is 2. The van der Waals surface area contributed by atoms with E-state index in [0.29, 0.717) is 37.6 Å². The second-order valence-corrected chi connectivity index (χ2v) is 8.05. The third kappa shape index (κ3) is 7.34. The summed E-state index contributed by atoms with van der Waals surface area (Å²) in [5.74, 6) is -0.412. The van der Waals surface area contributed by atoms with Gasteiger partial charge in [0, 0.05) is 25.1 Å². The monoisotopic (exact) mass is 452 g/mol. The molecule has 0 radical (unpaired) electrons.